The van der Waals surface area contributed by atoms with E-state index in [1.807, 2.05) is 85.8 Å². The van der Waals surface area contributed by atoms with Crippen molar-refractivity contribution < 1.29 is 19.1 Å². The number of hydrogen-bond donors (Lipinski definition) is 2. The van der Waals surface area contributed by atoms with Gasteiger partial charge in [-0.05, 0) is 54.4 Å². The maximum atomic E-state index is 14.4. The number of hydrogen-bond acceptors (Lipinski definition) is 5. The Morgan fingerprint density at radius 3 is 1.71 bits per heavy atom. The molecule has 2 aliphatic heterocycles. The van der Waals surface area contributed by atoms with Crippen molar-refractivity contribution in [2.45, 2.75) is 19.0 Å². The van der Waals surface area contributed by atoms with Crippen LogP contribution < -0.4 is 25.1 Å². The number of nitrogens with one attached hydrogen (secondary N) is 2. The first-order valence-electron chi connectivity index (χ1n) is 11.3. The normalized spacial score (nSPS) is 23.5. The number of carbonyl (C=O) groups is 2. The lowest BCUT2D eigenvalue weighted by Gasteiger charge is -2.46. The van der Waals surface area contributed by atoms with Crippen molar-refractivity contribution in [2.75, 3.05) is 19.2 Å². The minimum atomic E-state index is -1.22. The summed E-state index contributed by atoms with van der Waals surface area (Å²) >= 11 is 0. The fraction of sp³-hybridized carbons (Fsp3) is 0.222. The number of hydrazone groups is 1. The van der Waals surface area contributed by atoms with Crippen molar-refractivity contribution in [3.63, 3.8) is 0 Å². The van der Waals surface area contributed by atoms with Gasteiger partial charge in [0.1, 0.15) is 16.9 Å². The smallest absolute Gasteiger partial charge is 0.315 e. The first-order valence-corrected chi connectivity index (χ1v) is 11.3. The number of nitrogens with zero attached hydrogens (tertiary/aromatic N) is 2. The van der Waals surface area contributed by atoms with Crippen molar-refractivity contribution in [3.05, 3.63) is 90.0 Å². The van der Waals surface area contributed by atoms with Crippen molar-refractivity contribution in [1.29, 1.82) is 0 Å². The molecule has 0 radical (unpaired) electrons. The molecule has 1 unspecified atom stereocenters. The van der Waals surface area contributed by atoms with Gasteiger partial charge in [0, 0.05) is 0 Å². The van der Waals surface area contributed by atoms with Gasteiger partial charge in [0.2, 0.25) is 0 Å². The first kappa shape index (κ1) is 22.5. The van der Waals surface area contributed by atoms with Gasteiger partial charge in [-0.15, -0.1) is 0 Å². The van der Waals surface area contributed by atoms with Gasteiger partial charge in [-0.1, -0.05) is 42.5 Å². The average Bonchev–Trinajstić information content (AvgIpc) is 3.16. The Labute approximate surface area is 203 Å². The van der Waals surface area contributed by atoms with Crippen LogP contribution in [0.1, 0.15) is 30.1 Å². The molecule has 3 amide bonds. The monoisotopic (exact) mass is 470 g/mol. The predicted octanol–water partition coefficient (Wildman–Crippen LogP) is 4.21. The summed E-state index contributed by atoms with van der Waals surface area (Å²) in [5.41, 5.74) is 1.59. The minimum Gasteiger partial charge on any atom is -0.497 e. The third-order valence-corrected chi connectivity index (χ3v) is 6.76. The molecule has 5 rings (SSSR count). The molecule has 3 aromatic rings. The Bertz CT molecular complexity index is 1210. The van der Waals surface area contributed by atoms with E-state index in [1.165, 1.54) is 5.01 Å². The molecule has 0 saturated carbocycles. The molecule has 2 aliphatic rings. The van der Waals surface area contributed by atoms with Gasteiger partial charge in [0.05, 0.1) is 37.7 Å². The van der Waals surface area contributed by atoms with Crippen LogP contribution in [-0.4, -0.2) is 31.9 Å². The Morgan fingerprint density at radius 1 is 0.771 bits per heavy atom. The van der Waals surface area contributed by atoms with Crippen LogP contribution >= 0.6 is 0 Å². The average molecular weight is 471 g/mol. The Kier molecular flexibility index (Phi) is 5.64. The first-order chi connectivity index (χ1) is 17.0. The Balaban J connectivity index is 1.69. The molecule has 35 heavy (non-hydrogen) atoms. The molecule has 1 saturated heterocycles. The minimum absolute atomic E-state index is 0.227. The summed E-state index contributed by atoms with van der Waals surface area (Å²) < 4.78 is 10.6. The summed E-state index contributed by atoms with van der Waals surface area (Å²) in [7, 11) is 3.19. The zero-order valence-electron chi connectivity index (χ0n) is 19.7. The molecule has 2 heterocycles. The summed E-state index contributed by atoms with van der Waals surface area (Å²) in [6.45, 7) is 1.84. The summed E-state index contributed by atoms with van der Waals surface area (Å²) in [6.07, 6.45) is 0. The van der Waals surface area contributed by atoms with E-state index in [1.54, 1.807) is 14.2 Å². The lowest BCUT2D eigenvalue weighted by molar-refractivity contribution is -0.127. The summed E-state index contributed by atoms with van der Waals surface area (Å²) in [6, 6.07) is 22.3. The molecule has 0 aromatic heterocycles. The Morgan fingerprint density at radius 2 is 1.26 bits per heavy atom. The predicted molar refractivity (Wildman–Crippen MR) is 133 cm³/mol. The van der Waals surface area contributed by atoms with Crippen molar-refractivity contribution in [2.24, 2.45) is 10.5 Å². The van der Waals surface area contributed by atoms with Gasteiger partial charge < -0.3 is 20.1 Å². The number of urea groups is 1. The standard InChI is InChI=1S/C27H26N4O4/c1-17-27(25(32)31(30-17)20-7-5-4-6-8-20)23(18-9-13-21(34-2)14-10-18)28-26(33)29-24(27)19-11-15-22(35-3)16-12-19/h4-16,23-24H,1-3H3,(H2,28,29,33)/t23-,24+,27?. The zero-order chi connectivity index (χ0) is 24.6. The number of methoxy groups -OCH3 is 2. The number of amides is 3. The van der Waals surface area contributed by atoms with Gasteiger partial charge in [0.15, 0.2) is 0 Å². The van der Waals surface area contributed by atoms with E-state index in [0.29, 0.717) is 22.9 Å². The van der Waals surface area contributed by atoms with Gasteiger partial charge in [0.25, 0.3) is 5.91 Å². The molecule has 1 spiro atoms. The van der Waals surface area contributed by atoms with Crippen LogP contribution in [0.5, 0.6) is 11.5 Å². The van der Waals surface area contributed by atoms with E-state index in [-0.39, 0.29) is 11.9 Å². The number of anilines is 1. The maximum Gasteiger partial charge on any atom is 0.315 e. The molecular formula is C27H26N4O4. The second-order valence-corrected chi connectivity index (χ2v) is 8.54. The molecule has 3 aromatic carbocycles. The molecule has 8 nitrogen and oxygen atoms in total. The summed E-state index contributed by atoms with van der Waals surface area (Å²) in [5, 5.41) is 12.2. The highest BCUT2D eigenvalue weighted by atomic mass is 16.5. The summed E-state index contributed by atoms with van der Waals surface area (Å²) in [5.74, 6) is 1.14. The number of para-hydroxylation sites is 1. The SMILES string of the molecule is COc1ccc([C@H]2NC(=O)N[C@@H](c3ccc(OC)cc3)C23C(=O)N(c2ccccc2)N=C3C)cc1. The molecular weight excluding hydrogens is 444 g/mol. The van der Waals surface area contributed by atoms with Gasteiger partial charge in [-0.3, -0.25) is 4.79 Å². The molecule has 178 valence electrons. The van der Waals surface area contributed by atoms with Crippen LogP contribution in [0.2, 0.25) is 0 Å². The van der Waals surface area contributed by atoms with Gasteiger partial charge >= 0.3 is 6.03 Å². The number of ether oxygens (including phenoxy) is 2. The number of carbonyl (C=O) groups excluding carboxylic acids is 2. The van der Waals surface area contributed by atoms with E-state index in [9.17, 15) is 9.59 Å². The van der Waals surface area contributed by atoms with Crippen molar-refractivity contribution >= 4 is 23.3 Å². The number of rotatable bonds is 5. The molecule has 3 atom stereocenters. The lowest BCUT2D eigenvalue weighted by atomic mass is 9.65. The third-order valence-electron chi connectivity index (χ3n) is 6.76. The highest BCUT2D eigenvalue weighted by molar-refractivity contribution is 6.20. The highest BCUT2D eigenvalue weighted by Crippen LogP contribution is 2.52. The van der Waals surface area contributed by atoms with E-state index < -0.39 is 17.5 Å². The highest BCUT2D eigenvalue weighted by Gasteiger charge is 2.63. The molecule has 0 aliphatic carbocycles. The summed E-state index contributed by atoms with van der Waals surface area (Å²) in [4.78, 5) is 27.3. The van der Waals surface area contributed by atoms with E-state index in [4.69, 9.17) is 14.6 Å². The third kappa shape index (κ3) is 3.58. The topological polar surface area (TPSA) is 92.3 Å². The second kappa shape index (κ2) is 8.79. The van der Waals surface area contributed by atoms with Crippen LogP contribution in [0.25, 0.3) is 0 Å². The van der Waals surface area contributed by atoms with E-state index >= 15 is 0 Å². The van der Waals surface area contributed by atoms with Crippen LogP contribution in [-0.2, 0) is 4.79 Å². The molecule has 1 fully saturated rings. The van der Waals surface area contributed by atoms with Crippen LogP contribution in [0, 0.1) is 5.41 Å². The lowest BCUT2D eigenvalue weighted by Crippen LogP contribution is -2.63. The molecule has 0 bridgehead atoms. The van der Waals surface area contributed by atoms with Gasteiger partial charge in [-0.2, -0.15) is 10.1 Å². The van der Waals surface area contributed by atoms with Crippen molar-refractivity contribution in [3.8, 4) is 11.5 Å². The van der Waals surface area contributed by atoms with E-state index in [0.717, 1.165) is 11.1 Å². The van der Waals surface area contributed by atoms with Gasteiger partial charge in [-0.25, -0.2) is 4.79 Å². The van der Waals surface area contributed by atoms with Crippen molar-refractivity contribution in [1.82, 2.24) is 10.6 Å². The quantitative estimate of drug-likeness (QED) is 0.584. The van der Waals surface area contributed by atoms with Crippen LogP contribution in [0.4, 0.5) is 10.5 Å². The largest absolute Gasteiger partial charge is 0.497 e. The molecule has 2 N–H and O–H groups in total. The Hall–Kier alpha value is -4.33. The molecule has 8 heteroatoms. The fourth-order valence-corrected chi connectivity index (χ4v) is 5.00. The zero-order valence-corrected chi connectivity index (χ0v) is 19.7. The number of benzene rings is 3. The van der Waals surface area contributed by atoms with Crippen LogP contribution in [0.15, 0.2) is 84.0 Å². The maximum absolute atomic E-state index is 14.4. The fourth-order valence-electron chi connectivity index (χ4n) is 5.00. The second-order valence-electron chi connectivity index (χ2n) is 8.54. The van der Waals surface area contributed by atoms with Crippen LogP contribution in [0.3, 0.4) is 0 Å². The van der Waals surface area contributed by atoms with E-state index in [2.05, 4.69) is 10.6 Å².